The molecule has 1 unspecified atom stereocenters. The molecule has 0 saturated carbocycles. The maximum atomic E-state index is 12.0. The third-order valence-electron chi connectivity index (χ3n) is 2.97. The second-order valence-corrected chi connectivity index (χ2v) is 6.97. The Morgan fingerprint density at radius 1 is 1.43 bits per heavy atom. The molecule has 0 spiro atoms. The van der Waals surface area contributed by atoms with Gasteiger partial charge in [0.05, 0.1) is 19.1 Å². The molecule has 0 saturated heterocycles. The summed E-state index contributed by atoms with van der Waals surface area (Å²) >= 11 is 11.0. The normalized spacial score (nSPS) is 12.1. The van der Waals surface area contributed by atoms with E-state index in [4.69, 9.17) is 11.6 Å². The van der Waals surface area contributed by atoms with Crippen LogP contribution in [0.25, 0.3) is 0 Å². The summed E-state index contributed by atoms with van der Waals surface area (Å²) in [6.45, 7) is -0.120. The molecule has 2 rings (SSSR count). The minimum Gasteiger partial charge on any atom is -0.394 e. The van der Waals surface area contributed by atoms with Gasteiger partial charge in [-0.3, -0.25) is 4.79 Å². The van der Waals surface area contributed by atoms with E-state index in [-0.39, 0.29) is 18.6 Å². The molecular weight excluding hydrogens is 374 g/mol. The van der Waals surface area contributed by atoms with Crippen LogP contribution in [0.2, 0.25) is 5.02 Å². The topological polar surface area (TPSA) is 49.3 Å². The number of benzene rings is 1. The number of hydrogen-bond donors (Lipinski definition) is 2. The molecule has 0 aliphatic carbocycles. The molecule has 1 amide bonds. The van der Waals surface area contributed by atoms with Gasteiger partial charge in [0.15, 0.2) is 0 Å². The van der Waals surface area contributed by atoms with Crippen LogP contribution >= 0.6 is 38.9 Å². The first-order valence-corrected chi connectivity index (χ1v) is 8.50. The molecule has 0 fully saturated rings. The van der Waals surface area contributed by atoms with Crippen molar-refractivity contribution >= 4 is 44.8 Å². The van der Waals surface area contributed by atoms with E-state index in [1.165, 1.54) is 11.3 Å². The average molecular weight is 389 g/mol. The van der Waals surface area contributed by atoms with E-state index in [1.54, 1.807) is 6.07 Å². The highest BCUT2D eigenvalue weighted by Crippen LogP contribution is 2.20. The number of carbonyl (C=O) groups is 1. The molecule has 1 atom stereocenters. The summed E-state index contributed by atoms with van der Waals surface area (Å²) < 4.78 is 0.977. The Kier molecular flexibility index (Phi) is 6.23. The maximum absolute atomic E-state index is 12.0. The monoisotopic (exact) mass is 387 g/mol. The predicted octanol–water partition coefficient (Wildman–Crippen LogP) is 3.43. The maximum Gasteiger partial charge on any atom is 0.225 e. The number of aliphatic hydroxyl groups excluding tert-OH is 1. The minimum absolute atomic E-state index is 0.101. The number of halogens is 2. The van der Waals surface area contributed by atoms with Gasteiger partial charge in [-0.1, -0.05) is 29.8 Å². The van der Waals surface area contributed by atoms with Crippen LogP contribution < -0.4 is 5.32 Å². The van der Waals surface area contributed by atoms with Crippen molar-refractivity contribution in [2.45, 2.75) is 18.9 Å². The van der Waals surface area contributed by atoms with Gasteiger partial charge in [-0.25, -0.2) is 0 Å². The Morgan fingerprint density at radius 2 is 2.19 bits per heavy atom. The van der Waals surface area contributed by atoms with Gasteiger partial charge in [-0.2, -0.15) is 0 Å². The Bertz CT molecular complexity index is 617. The van der Waals surface area contributed by atoms with Gasteiger partial charge in [0.25, 0.3) is 0 Å². The lowest BCUT2D eigenvalue weighted by Crippen LogP contribution is -2.39. The van der Waals surface area contributed by atoms with Crippen molar-refractivity contribution in [1.82, 2.24) is 5.32 Å². The third kappa shape index (κ3) is 5.11. The van der Waals surface area contributed by atoms with Crippen molar-refractivity contribution in [1.29, 1.82) is 0 Å². The van der Waals surface area contributed by atoms with E-state index < -0.39 is 0 Å². The SMILES string of the molecule is O=C(Cc1cc(Br)cs1)NC(CO)Cc1ccccc1Cl. The van der Waals surface area contributed by atoms with Crippen LogP contribution in [0.4, 0.5) is 0 Å². The summed E-state index contributed by atoms with van der Waals surface area (Å²) in [5.41, 5.74) is 0.914. The van der Waals surface area contributed by atoms with Gasteiger partial charge in [0.2, 0.25) is 5.91 Å². The van der Waals surface area contributed by atoms with E-state index in [9.17, 15) is 9.90 Å². The van der Waals surface area contributed by atoms with Gasteiger partial charge in [0, 0.05) is 19.8 Å². The molecule has 3 nitrogen and oxygen atoms in total. The number of aliphatic hydroxyl groups is 1. The van der Waals surface area contributed by atoms with Crippen LogP contribution in [-0.4, -0.2) is 23.7 Å². The fraction of sp³-hybridized carbons (Fsp3) is 0.267. The second kappa shape index (κ2) is 7.94. The van der Waals surface area contributed by atoms with Crippen LogP contribution in [0.3, 0.4) is 0 Å². The van der Waals surface area contributed by atoms with Gasteiger partial charge in [-0.15, -0.1) is 11.3 Å². The highest BCUT2D eigenvalue weighted by atomic mass is 79.9. The number of hydrogen-bond acceptors (Lipinski definition) is 3. The molecule has 112 valence electrons. The van der Waals surface area contributed by atoms with E-state index in [2.05, 4.69) is 21.2 Å². The lowest BCUT2D eigenvalue weighted by molar-refractivity contribution is -0.121. The first kappa shape index (κ1) is 16.5. The zero-order chi connectivity index (χ0) is 15.2. The Balaban J connectivity index is 1.92. The van der Waals surface area contributed by atoms with Crippen molar-refractivity contribution in [3.63, 3.8) is 0 Å². The molecule has 21 heavy (non-hydrogen) atoms. The lowest BCUT2D eigenvalue weighted by atomic mass is 10.1. The van der Waals surface area contributed by atoms with E-state index in [0.29, 0.717) is 17.9 Å². The highest BCUT2D eigenvalue weighted by molar-refractivity contribution is 9.10. The fourth-order valence-electron chi connectivity index (χ4n) is 1.97. The van der Waals surface area contributed by atoms with Crippen LogP contribution in [0.5, 0.6) is 0 Å². The number of thiophene rings is 1. The summed E-state index contributed by atoms with van der Waals surface area (Å²) in [7, 11) is 0. The highest BCUT2D eigenvalue weighted by Gasteiger charge is 2.14. The fourth-order valence-corrected chi connectivity index (χ4v) is 3.64. The van der Waals surface area contributed by atoms with E-state index >= 15 is 0 Å². The van der Waals surface area contributed by atoms with Gasteiger partial charge >= 0.3 is 0 Å². The Hall–Kier alpha value is -0.880. The van der Waals surface area contributed by atoms with Crippen LogP contribution in [0, 0.1) is 0 Å². The molecule has 6 heteroatoms. The molecule has 2 aromatic rings. The average Bonchev–Trinajstić information content (AvgIpc) is 2.85. The number of amides is 1. The zero-order valence-corrected chi connectivity index (χ0v) is 14.3. The van der Waals surface area contributed by atoms with Crippen LogP contribution in [0.1, 0.15) is 10.4 Å². The quantitative estimate of drug-likeness (QED) is 0.796. The predicted molar refractivity (Wildman–Crippen MR) is 89.9 cm³/mol. The van der Waals surface area contributed by atoms with Crippen molar-refractivity contribution in [3.05, 3.63) is 55.6 Å². The summed E-state index contributed by atoms with van der Waals surface area (Å²) in [6.07, 6.45) is 0.825. The summed E-state index contributed by atoms with van der Waals surface area (Å²) in [6, 6.07) is 9.03. The smallest absolute Gasteiger partial charge is 0.225 e. The minimum atomic E-state index is -0.333. The molecule has 1 aromatic heterocycles. The Labute approximate surface area is 141 Å². The zero-order valence-electron chi connectivity index (χ0n) is 11.2. The van der Waals surface area contributed by atoms with Crippen molar-refractivity contribution in [2.75, 3.05) is 6.61 Å². The summed E-state index contributed by atoms with van der Waals surface area (Å²) in [5, 5.41) is 14.9. The lowest BCUT2D eigenvalue weighted by Gasteiger charge is -2.17. The number of carbonyl (C=O) groups excluding carboxylic acids is 1. The van der Waals surface area contributed by atoms with Gasteiger partial charge in [0.1, 0.15) is 0 Å². The van der Waals surface area contributed by atoms with E-state index in [1.807, 2.05) is 29.6 Å². The van der Waals surface area contributed by atoms with Crippen molar-refractivity contribution in [2.24, 2.45) is 0 Å². The Morgan fingerprint density at radius 3 is 2.81 bits per heavy atom. The number of nitrogens with one attached hydrogen (secondary N) is 1. The van der Waals surface area contributed by atoms with E-state index in [0.717, 1.165) is 14.9 Å². The first-order valence-electron chi connectivity index (χ1n) is 6.45. The molecule has 1 heterocycles. The first-order chi connectivity index (χ1) is 10.1. The summed E-state index contributed by atoms with van der Waals surface area (Å²) in [4.78, 5) is 13.0. The van der Waals surface area contributed by atoms with Crippen LogP contribution in [0.15, 0.2) is 40.2 Å². The number of rotatable bonds is 6. The standard InChI is InChI=1S/C15H15BrClNO2S/c16-11-6-13(21-9-11)7-15(20)18-12(8-19)5-10-3-1-2-4-14(10)17/h1-4,6,9,12,19H,5,7-8H2,(H,18,20). The van der Waals surface area contributed by atoms with Crippen molar-refractivity contribution in [3.8, 4) is 0 Å². The van der Waals surface area contributed by atoms with Crippen molar-refractivity contribution < 1.29 is 9.90 Å². The molecule has 2 N–H and O–H groups in total. The second-order valence-electron chi connectivity index (χ2n) is 4.65. The third-order valence-corrected chi connectivity index (χ3v) is 5.03. The van der Waals surface area contributed by atoms with Gasteiger partial charge < -0.3 is 10.4 Å². The van der Waals surface area contributed by atoms with Crippen LogP contribution in [-0.2, 0) is 17.6 Å². The molecule has 0 radical (unpaired) electrons. The molecule has 1 aromatic carbocycles. The summed E-state index contributed by atoms with van der Waals surface area (Å²) in [5.74, 6) is -0.101. The van der Waals surface area contributed by atoms with Gasteiger partial charge in [-0.05, 0) is 40.0 Å². The molecule has 0 bridgehead atoms. The molecule has 0 aliphatic rings. The molecular formula is C15H15BrClNO2S. The largest absolute Gasteiger partial charge is 0.394 e. The molecule has 0 aliphatic heterocycles.